The molecule has 17 heavy (non-hydrogen) atoms. The number of hydrogen-bond donors (Lipinski definition) is 3. The molecule has 1 atom stereocenters. The lowest BCUT2D eigenvalue weighted by atomic mass is 10.1. The van der Waals surface area contributed by atoms with Crippen molar-refractivity contribution in [2.45, 2.75) is 32.2 Å². The number of aryl methyl sites for hydroxylation is 1. The number of aliphatic hydroxyl groups excluding tert-OH is 1. The van der Waals surface area contributed by atoms with Gasteiger partial charge in [-0.3, -0.25) is 4.79 Å². The highest BCUT2D eigenvalue weighted by Gasteiger charge is 2.09. The summed E-state index contributed by atoms with van der Waals surface area (Å²) in [5.74, 6) is 0.114. The average molecular weight is 237 g/mol. The summed E-state index contributed by atoms with van der Waals surface area (Å²) in [5, 5.41) is 21.2. The highest BCUT2D eigenvalue weighted by Crippen LogP contribution is 2.17. The van der Waals surface area contributed by atoms with Crippen molar-refractivity contribution in [1.29, 1.82) is 0 Å². The fourth-order valence-electron chi connectivity index (χ4n) is 1.55. The van der Waals surface area contributed by atoms with Gasteiger partial charge in [-0.1, -0.05) is 25.1 Å². The number of phenols is 1. The monoisotopic (exact) mass is 237 g/mol. The lowest BCUT2D eigenvalue weighted by Crippen LogP contribution is -2.37. The molecule has 0 saturated carbocycles. The number of benzene rings is 1. The Morgan fingerprint density at radius 2 is 2.12 bits per heavy atom. The predicted octanol–water partition coefficient (Wildman–Crippen LogP) is 1.21. The van der Waals surface area contributed by atoms with Crippen LogP contribution in [0.25, 0.3) is 0 Å². The van der Waals surface area contributed by atoms with Gasteiger partial charge in [-0.25, -0.2) is 0 Å². The molecule has 0 fully saturated rings. The third-order valence-electron chi connectivity index (χ3n) is 2.69. The highest BCUT2D eigenvalue weighted by molar-refractivity contribution is 5.76. The Hall–Kier alpha value is -1.55. The molecule has 4 nitrogen and oxygen atoms in total. The first-order valence-corrected chi connectivity index (χ1v) is 5.84. The Balaban J connectivity index is 2.41. The zero-order valence-electron chi connectivity index (χ0n) is 10.0. The van der Waals surface area contributed by atoms with Crippen molar-refractivity contribution in [3.05, 3.63) is 29.8 Å². The molecule has 0 heterocycles. The molecule has 0 spiro atoms. The molecule has 0 aliphatic heterocycles. The van der Waals surface area contributed by atoms with Gasteiger partial charge in [0.15, 0.2) is 0 Å². The van der Waals surface area contributed by atoms with Crippen molar-refractivity contribution in [3.63, 3.8) is 0 Å². The van der Waals surface area contributed by atoms with Crippen molar-refractivity contribution in [2.24, 2.45) is 0 Å². The molecule has 1 rings (SSSR count). The van der Waals surface area contributed by atoms with Crippen molar-refractivity contribution in [2.75, 3.05) is 6.61 Å². The lowest BCUT2D eigenvalue weighted by Gasteiger charge is -2.13. The Labute approximate surface area is 101 Å². The zero-order chi connectivity index (χ0) is 12.7. The molecule has 1 aromatic carbocycles. The summed E-state index contributed by atoms with van der Waals surface area (Å²) in [5.41, 5.74) is 0.764. The number of rotatable bonds is 6. The summed E-state index contributed by atoms with van der Waals surface area (Å²) in [6, 6.07) is 6.81. The lowest BCUT2D eigenvalue weighted by molar-refractivity contribution is -0.122. The molecule has 0 aliphatic rings. The third kappa shape index (κ3) is 4.44. The smallest absolute Gasteiger partial charge is 0.220 e. The van der Waals surface area contributed by atoms with Gasteiger partial charge in [-0.05, 0) is 24.5 Å². The summed E-state index contributed by atoms with van der Waals surface area (Å²) < 4.78 is 0. The summed E-state index contributed by atoms with van der Waals surface area (Å²) in [6.07, 6.45) is 1.52. The number of carbonyl (C=O) groups excluding carboxylic acids is 1. The topological polar surface area (TPSA) is 69.6 Å². The molecular weight excluding hydrogens is 218 g/mol. The van der Waals surface area contributed by atoms with E-state index in [2.05, 4.69) is 5.32 Å². The molecule has 4 heteroatoms. The van der Waals surface area contributed by atoms with Gasteiger partial charge in [0.05, 0.1) is 12.6 Å². The van der Waals surface area contributed by atoms with Crippen LogP contribution in [0.1, 0.15) is 25.3 Å². The first-order valence-electron chi connectivity index (χ1n) is 5.84. The van der Waals surface area contributed by atoms with E-state index in [9.17, 15) is 9.90 Å². The maximum Gasteiger partial charge on any atom is 0.220 e. The van der Waals surface area contributed by atoms with Crippen LogP contribution in [0.3, 0.4) is 0 Å². The molecule has 0 aromatic heterocycles. The minimum Gasteiger partial charge on any atom is -0.508 e. The number of carbonyl (C=O) groups is 1. The molecular formula is C13H19NO3. The maximum atomic E-state index is 11.6. The van der Waals surface area contributed by atoms with Gasteiger partial charge in [0.2, 0.25) is 5.91 Å². The number of amides is 1. The van der Waals surface area contributed by atoms with Crippen LogP contribution >= 0.6 is 0 Å². The van der Waals surface area contributed by atoms with Gasteiger partial charge in [0.25, 0.3) is 0 Å². The molecule has 0 bridgehead atoms. The van der Waals surface area contributed by atoms with E-state index >= 15 is 0 Å². The number of phenolic OH excluding ortho intramolecular Hbond substituents is 1. The van der Waals surface area contributed by atoms with Crippen LogP contribution in [-0.2, 0) is 11.2 Å². The molecule has 0 aliphatic carbocycles. The summed E-state index contributed by atoms with van der Waals surface area (Å²) in [6.45, 7) is 1.86. The normalized spacial score (nSPS) is 12.1. The summed E-state index contributed by atoms with van der Waals surface area (Å²) in [7, 11) is 0. The average Bonchev–Trinajstić information content (AvgIpc) is 2.35. The van der Waals surface area contributed by atoms with E-state index in [4.69, 9.17) is 5.11 Å². The maximum absolute atomic E-state index is 11.6. The fourth-order valence-corrected chi connectivity index (χ4v) is 1.55. The van der Waals surface area contributed by atoms with E-state index in [1.165, 1.54) is 0 Å². The second kappa shape index (κ2) is 6.91. The molecule has 3 N–H and O–H groups in total. The molecule has 0 saturated heterocycles. The van der Waals surface area contributed by atoms with Crippen LogP contribution in [0.15, 0.2) is 24.3 Å². The minimum absolute atomic E-state index is 0.0428. The zero-order valence-corrected chi connectivity index (χ0v) is 10.0. The van der Waals surface area contributed by atoms with Gasteiger partial charge in [0.1, 0.15) is 5.75 Å². The van der Waals surface area contributed by atoms with E-state index in [1.807, 2.05) is 13.0 Å². The number of aromatic hydroxyl groups is 1. The molecule has 0 radical (unpaired) electrons. The fraction of sp³-hybridized carbons (Fsp3) is 0.462. The standard InChI is InChI=1S/C13H19NO3/c1-2-11(9-15)14-13(17)8-7-10-5-3-4-6-12(10)16/h3-6,11,15-16H,2,7-9H2,1H3,(H,14,17). The number of para-hydroxylation sites is 1. The van der Waals surface area contributed by atoms with E-state index in [0.29, 0.717) is 19.3 Å². The Morgan fingerprint density at radius 1 is 1.41 bits per heavy atom. The van der Waals surface area contributed by atoms with Gasteiger partial charge >= 0.3 is 0 Å². The third-order valence-corrected chi connectivity index (χ3v) is 2.69. The molecule has 1 unspecified atom stereocenters. The Morgan fingerprint density at radius 3 is 2.71 bits per heavy atom. The molecule has 94 valence electrons. The van der Waals surface area contributed by atoms with E-state index in [1.54, 1.807) is 18.2 Å². The van der Waals surface area contributed by atoms with E-state index < -0.39 is 0 Å². The van der Waals surface area contributed by atoms with Crippen LogP contribution in [0.2, 0.25) is 0 Å². The number of aliphatic hydroxyl groups is 1. The van der Waals surface area contributed by atoms with Crippen LogP contribution in [0.4, 0.5) is 0 Å². The van der Waals surface area contributed by atoms with Crippen LogP contribution in [0, 0.1) is 0 Å². The van der Waals surface area contributed by atoms with Gasteiger partial charge in [-0.2, -0.15) is 0 Å². The van der Waals surface area contributed by atoms with Crippen LogP contribution < -0.4 is 5.32 Å². The first kappa shape index (κ1) is 13.5. The van der Waals surface area contributed by atoms with Crippen molar-refractivity contribution < 1.29 is 15.0 Å². The predicted molar refractivity (Wildman–Crippen MR) is 65.7 cm³/mol. The SMILES string of the molecule is CCC(CO)NC(=O)CCc1ccccc1O. The van der Waals surface area contributed by atoms with Gasteiger partial charge < -0.3 is 15.5 Å². The Bertz CT molecular complexity index is 361. The minimum atomic E-state index is -0.174. The van der Waals surface area contributed by atoms with Crippen LogP contribution in [0.5, 0.6) is 5.75 Å². The van der Waals surface area contributed by atoms with Gasteiger partial charge in [-0.15, -0.1) is 0 Å². The first-order chi connectivity index (χ1) is 8.17. The highest BCUT2D eigenvalue weighted by atomic mass is 16.3. The summed E-state index contributed by atoms with van der Waals surface area (Å²) >= 11 is 0. The van der Waals surface area contributed by atoms with Crippen molar-refractivity contribution in [1.82, 2.24) is 5.32 Å². The van der Waals surface area contributed by atoms with Crippen LogP contribution in [-0.4, -0.2) is 28.8 Å². The van der Waals surface area contributed by atoms with Crippen molar-refractivity contribution >= 4 is 5.91 Å². The quantitative estimate of drug-likeness (QED) is 0.696. The Kier molecular flexibility index (Phi) is 5.49. The van der Waals surface area contributed by atoms with E-state index in [0.717, 1.165) is 5.56 Å². The molecule has 1 aromatic rings. The number of nitrogens with one attached hydrogen (secondary N) is 1. The summed E-state index contributed by atoms with van der Waals surface area (Å²) in [4.78, 5) is 11.6. The van der Waals surface area contributed by atoms with E-state index in [-0.39, 0.29) is 24.3 Å². The van der Waals surface area contributed by atoms with Gasteiger partial charge in [0, 0.05) is 6.42 Å². The molecule has 1 amide bonds. The second-order valence-corrected chi connectivity index (χ2v) is 3.98. The largest absolute Gasteiger partial charge is 0.508 e. The second-order valence-electron chi connectivity index (χ2n) is 3.98. The number of hydrogen-bond acceptors (Lipinski definition) is 3. The van der Waals surface area contributed by atoms with Crippen molar-refractivity contribution in [3.8, 4) is 5.75 Å².